The lowest BCUT2D eigenvalue weighted by Gasteiger charge is -2.11. The normalized spacial score (nSPS) is 10.9. The minimum Gasteiger partial charge on any atom is -0.352 e. The molecule has 0 fully saturated rings. The first-order valence-corrected chi connectivity index (χ1v) is 7.69. The van der Waals surface area contributed by atoms with Crippen LogP contribution in [0.4, 0.5) is 0 Å². The summed E-state index contributed by atoms with van der Waals surface area (Å²) in [6.07, 6.45) is 1.10. The first-order chi connectivity index (χ1) is 9.81. The molecule has 5 heteroatoms. The van der Waals surface area contributed by atoms with E-state index in [1.807, 2.05) is 29.5 Å². The Labute approximate surface area is 147 Å². The Morgan fingerprint density at radius 1 is 1.00 bits per heavy atom. The Balaban J connectivity index is 0.00000220. The highest BCUT2D eigenvalue weighted by Crippen LogP contribution is 2.16. The molecular formula is C16H22IN3S. The lowest BCUT2D eigenvalue weighted by atomic mass is 10.2. The predicted molar refractivity (Wildman–Crippen MR) is 103 cm³/mol. The number of halogens is 1. The second-order valence-corrected chi connectivity index (χ2v) is 5.74. The molecule has 0 bridgehead atoms. The zero-order chi connectivity index (χ0) is 14.2. The van der Waals surface area contributed by atoms with Crippen molar-refractivity contribution in [1.29, 1.82) is 0 Å². The van der Waals surface area contributed by atoms with E-state index in [-0.39, 0.29) is 24.0 Å². The Kier molecular flexibility index (Phi) is 8.37. The SMILES string of the molecule is CCc1ccc(CNC(=NC)NCc2ccccc2)s1.I. The van der Waals surface area contributed by atoms with Gasteiger partial charge in [-0.25, -0.2) is 0 Å². The first kappa shape index (κ1) is 18.0. The fraction of sp³-hybridized carbons (Fsp3) is 0.312. The van der Waals surface area contributed by atoms with E-state index in [4.69, 9.17) is 0 Å². The van der Waals surface area contributed by atoms with Gasteiger partial charge < -0.3 is 10.6 Å². The average molecular weight is 415 g/mol. The highest BCUT2D eigenvalue weighted by molar-refractivity contribution is 14.0. The molecule has 0 saturated carbocycles. The Morgan fingerprint density at radius 3 is 2.29 bits per heavy atom. The quantitative estimate of drug-likeness (QED) is 0.443. The van der Waals surface area contributed by atoms with Gasteiger partial charge in [0.2, 0.25) is 0 Å². The van der Waals surface area contributed by atoms with Crippen molar-refractivity contribution in [2.75, 3.05) is 7.05 Å². The van der Waals surface area contributed by atoms with E-state index in [2.05, 4.69) is 46.8 Å². The summed E-state index contributed by atoms with van der Waals surface area (Å²) in [4.78, 5) is 7.01. The van der Waals surface area contributed by atoms with E-state index in [1.165, 1.54) is 15.3 Å². The predicted octanol–water partition coefficient (Wildman–Crippen LogP) is 3.79. The molecule has 0 unspecified atom stereocenters. The molecule has 2 rings (SSSR count). The lowest BCUT2D eigenvalue weighted by Crippen LogP contribution is -2.36. The van der Waals surface area contributed by atoms with Crippen LogP contribution in [0.2, 0.25) is 0 Å². The van der Waals surface area contributed by atoms with E-state index in [0.717, 1.165) is 25.5 Å². The van der Waals surface area contributed by atoms with E-state index < -0.39 is 0 Å². The summed E-state index contributed by atoms with van der Waals surface area (Å²) in [6.45, 7) is 3.79. The molecule has 0 aliphatic carbocycles. The molecule has 114 valence electrons. The van der Waals surface area contributed by atoms with Crippen molar-refractivity contribution in [2.45, 2.75) is 26.4 Å². The molecule has 3 nitrogen and oxygen atoms in total. The fourth-order valence-electron chi connectivity index (χ4n) is 1.88. The van der Waals surface area contributed by atoms with Crippen LogP contribution in [0.1, 0.15) is 22.2 Å². The van der Waals surface area contributed by atoms with Crippen LogP contribution in [0.25, 0.3) is 0 Å². The van der Waals surface area contributed by atoms with Crippen LogP contribution >= 0.6 is 35.3 Å². The fourth-order valence-corrected chi connectivity index (χ4v) is 2.78. The standard InChI is InChI=1S/C16H21N3S.HI/c1-3-14-9-10-15(20-14)12-19-16(17-2)18-11-13-7-5-4-6-8-13;/h4-10H,3,11-12H2,1-2H3,(H2,17,18,19);1H. The Morgan fingerprint density at radius 2 is 1.67 bits per heavy atom. The molecule has 2 aromatic rings. The van der Waals surface area contributed by atoms with Crippen LogP contribution in [-0.2, 0) is 19.5 Å². The van der Waals surface area contributed by atoms with Crippen molar-refractivity contribution >= 4 is 41.3 Å². The van der Waals surface area contributed by atoms with Gasteiger partial charge >= 0.3 is 0 Å². The van der Waals surface area contributed by atoms with Crippen LogP contribution in [-0.4, -0.2) is 13.0 Å². The minimum absolute atomic E-state index is 0. The molecule has 0 atom stereocenters. The molecule has 0 saturated heterocycles. The number of rotatable bonds is 5. The zero-order valence-electron chi connectivity index (χ0n) is 12.4. The van der Waals surface area contributed by atoms with E-state index in [0.29, 0.717) is 0 Å². The third-order valence-electron chi connectivity index (χ3n) is 3.02. The smallest absolute Gasteiger partial charge is 0.191 e. The largest absolute Gasteiger partial charge is 0.352 e. The summed E-state index contributed by atoms with van der Waals surface area (Å²) >= 11 is 1.85. The molecular weight excluding hydrogens is 393 g/mol. The Bertz CT molecular complexity index is 552. The molecule has 0 spiro atoms. The number of benzene rings is 1. The number of thiophene rings is 1. The highest BCUT2D eigenvalue weighted by Gasteiger charge is 2.01. The van der Waals surface area contributed by atoms with Gasteiger partial charge in [0, 0.05) is 23.3 Å². The summed E-state index contributed by atoms with van der Waals surface area (Å²) in [6, 6.07) is 14.7. The van der Waals surface area contributed by atoms with E-state index in [1.54, 1.807) is 7.05 Å². The van der Waals surface area contributed by atoms with E-state index in [9.17, 15) is 0 Å². The highest BCUT2D eigenvalue weighted by atomic mass is 127. The number of hydrogen-bond donors (Lipinski definition) is 2. The monoisotopic (exact) mass is 415 g/mol. The minimum atomic E-state index is 0. The molecule has 0 aliphatic rings. The number of aryl methyl sites for hydroxylation is 1. The van der Waals surface area contributed by atoms with Gasteiger partial charge in [-0.15, -0.1) is 35.3 Å². The molecule has 21 heavy (non-hydrogen) atoms. The molecule has 0 aliphatic heterocycles. The van der Waals surface area contributed by atoms with Crippen LogP contribution < -0.4 is 10.6 Å². The summed E-state index contributed by atoms with van der Waals surface area (Å²) in [5.74, 6) is 0.834. The number of hydrogen-bond acceptors (Lipinski definition) is 2. The van der Waals surface area contributed by atoms with Crippen molar-refractivity contribution in [3.05, 3.63) is 57.8 Å². The molecule has 0 amide bonds. The molecule has 0 radical (unpaired) electrons. The van der Waals surface area contributed by atoms with Gasteiger partial charge in [-0.3, -0.25) is 4.99 Å². The third-order valence-corrected chi connectivity index (χ3v) is 4.25. The van der Waals surface area contributed by atoms with Crippen molar-refractivity contribution in [1.82, 2.24) is 10.6 Å². The van der Waals surface area contributed by atoms with Crippen molar-refractivity contribution in [3.8, 4) is 0 Å². The number of guanidine groups is 1. The van der Waals surface area contributed by atoms with Crippen LogP contribution in [0.3, 0.4) is 0 Å². The molecule has 1 aromatic carbocycles. The van der Waals surface area contributed by atoms with Gasteiger partial charge in [0.25, 0.3) is 0 Å². The van der Waals surface area contributed by atoms with Crippen LogP contribution in [0.15, 0.2) is 47.5 Å². The first-order valence-electron chi connectivity index (χ1n) is 6.88. The van der Waals surface area contributed by atoms with E-state index >= 15 is 0 Å². The summed E-state index contributed by atoms with van der Waals surface area (Å²) in [5.41, 5.74) is 1.25. The Hall–Kier alpha value is -1.08. The van der Waals surface area contributed by atoms with Crippen LogP contribution in [0.5, 0.6) is 0 Å². The maximum atomic E-state index is 4.24. The lowest BCUT2D eigenvalue weighted by molar-refractivity contribution is 0.815. The topological polar surface area (TPSA) is 36.4 Å². The van der Waals surface area contributed by atoms with Gasteiger partial charge in [-0.1, -0.05) is 37.3 Å². The zero-order valence-corrected chi connectivity index (χ0v) is 15.6. The van der Waals surface area contributed by atoms with Crippen LogP contribution in [0, 0.1) is 0 Å². The second kappa shape index (κ2) is 9.78. The van der Waals surface area contributed by atoms with Crippen molar-refractivity contribution < 1.29 is 0 Å². The number of nitrogens with zero attached hydrogens (tertiary/aromatic N) is 1. The van der Waals surface area contributed by atoms with Gasteiger partial charge in [0.1, 0.15) is 0 Å². The maximum absolute atomic E-state index is 4.24. The van der Waals surface area contributed by atoms with Gasteiger partial charge in [0.15, 0.2) is 5.96 Å². The molecule has 1 aromatic heterocycles. The van der Waals surface area contributed by atoms with Gasteiger partial charge in [0.05, 0.1) is 6.54 Å². The van der Waals surface area contributed by atoms with Crippen molar-refractivity contribution in [3.63, 3.8) is 0 Å². The molecule has 2 N–H and O–H groups in total. The molecule has 1 heterocycles. The van der Waals surface area contributed by atoms with Gasteiger partial charge in [-0.05, 0) is 24.1 Å². The summed E-state index contributed by atoms with van der Waals surface area (Å²) in [7, 11) is 1.80. The number of aliphatic imine (C=N–C) groups is 1. The number of nitrogens with one attached hydrogen (secondary N) is 2. The van der Waals surface area contributed by atoms with Gasteiger partial charge in [-0.2, -0.15) is 0 Å². The average Bonchev–Trinajstić information content (AvgIpc) is 2.96. The second-order valence-electron chi connectivity index (χ2n) is 4.49. The third kappa shape index (κ3) is 6.05. The maximum Gasteiger partial charge on any atom is 0.191 e. The van der Waals surface area contributed by atoms with Crippen molar-refractivity contribution in [2.24, 2.45) is 4.99 Å². The summed E-state index contributed by atoms with van der Waals surface area (Å²) in [5, 5.41) is 6.66. The summed E-state index contributed by atoms with van der Waals surface area (Å²) < 4.78 is 0.